The fourth-order valence-corrected chi connectivity index (χ4v) is 2.61. The summed E-state index contributed by atoms with van der Waals surface area (Å²) in [5.41, 5.74) is 1.98. The predicted molar refractivity (Wildman–Crippen MR) is 77.5 cm³/mol. The molecular formula is C16H21NO3. The maximum Gasteiger partial charge on any atom is 0.119 e. The summed E-state index contributed by atoms with van der Waals surface area (Å²) in [6, 6.07) is 6.01. The van der Waals surface area contributed by atoms with Crippen LogP contribution in [0.4, 0.5) is 0 Å². The van der Waals surface area contributed by atoms with E-state index in [9.17, 15) is 5.11 Å². The molecule has 0 aromatic heterocycles. The summed E-state index contributed by atoms with van der Waals surface area (Å²) in [5.74, 6) is 6.47. The minimum absolute atomic E-state index is 0.144. The van der Waals surface area contributed by atoms with Crippen LogP contribution in [-0.2, 0) is 6.54 Å². The van der Waals surface area contributed by atoms with Gasteiger partial charge in [0.15, 0.2) is 0 Å². The Morgan fingerprint density at radius 2 is 2.25 bits per heavy atom. The maximum absolute atomic E-state index is 9.40. The Hall–Kier alpha value is -1.54. The van der Waals surface area contributed by atoms with Gasteiger partial charge in [-0.15, -0.1) is 0 Å². The Kier molecular flexibility index (Phi) is 5.42. The van der Waals surface area contributed by atoms with E-state index < -0.39 is 0 Å². The second kappa shape index (κ2) is 7.30. The monoisotopic (exact) mass is 275 g/mol. The highest BCUT2D eigenvalue weighted by Gasteiger charge is 2.24. The van der Waals surface area contributed by atoms with Crippen LogP contribution in [0, 0.1) is 11.8 Å². The zero-order valence-electron chi connectivity index (χ0n) is 11.8. The molecule has 1 unspecified atom stereocenters. The minimum atomic E-state index is -0.144. The van der Waals surface area contributed by atoms with Gasteiger partial charge in [0, 0.05) is 18.2 Å². The number of nitrogens with zero attached hydrogens (tertiary/aromatic N) is 1. The maximum atomic E-state index is 9.40. The molecule has 1 aromatic rings. The van der Waals surface area contributed by atoms with Crippen LogP contribution in [0.2, 0.25) is 0 Å². The van der Waals surface area contributed by atoms with Crippen LogP contribution in [0.5, 0.6) is 5.75 Å². The van der Waals surface area contributed by atoms with Gasteiger partial charge in [0.05, 0.1) is 13.7 Å². The van der Waals surface area contributed by atoms with Gasteiger partial charge in [-0.05, 0) is 43.1 Å². The van der Waals surface area contributed by atoms with Crippen LogP contribution in [0.15, 0.2) is 18.2 Å². The lowest BCUT2D eigenvalue weighted by Gasteiger charge is -2.23. The third-order valence-electron chi connectivity index (χ3n) is 3.70. The van der Waals surface area contributed by atoms with Crippen LogP contribution in [-0.4, -0.2) is 48.0 Å². The van der Waals surface area contributed by atoms with E-state index in [1.807, 2.05) is 18.2 Å². The number of methoxy groups -OCH3 is 1. The summed E-state index contributed by atoms with van der Waals surface area (Å²) in [7, 11) is 1.64. The van der Waals surface area contributed by atoms with Crippen LogP contribution >= 0.6 is 0 Å². The number of hydrogen-bond acceptors (Lipinski definition) is 4. The summed E-state index contributed by atoms with van der Waals surface area (Å²) in [5, 5.41) is 18.2. The Bertz CT molecular complexity index is 504. The van der Waals surface area contributed by atoms with Crippen molar-refractivity contribution >= 4 is 0 Å². The van der Waals surface area contributed by atoms with Crippen LogP contribution < -0.4 is 4.74 Å². The molecule has 1 fully saturated rings. The third-order valence-corrected chi connectivity index (χ3v) is 3.70. The number of likely N-dealkylation sites (tertiary alicyclic amines) is 1. The smallest absolute Gasteiger partial charge is 0.119 e. The number of hydrogen-bond donors (Lipinski definition) is 2. The van der Waals surface area contributed by atoms with Gasteiger partial charge in [0.25, 0.3) is 0 Å². The van der Waals surface area contributed by atoms with E-state index in [4.69, 9.17) is 9.84 Å². The molecule has 1 aromatic carbocycles. The SMILES string of the molecule is COc1ccc(C#CCO)c(CN2CCCC2CO)c1. The van der Waals surface area contributed by atoms with Crippen LogP contribution in [0.25, 0.3) is 0 Å². The average Bonchev–Trinajstić information content (AvgIpc) is 2.93. The average molecular weight is 275 g/mol. The first-order valence-electron chi connectivity index (χ1n) is 6.90. The first-order chi connectivity index (χ1) is 9.78. The topological polar surface area (TPSA) is 52.9 Å². The largest absolute Gasteiger partial charge is 0.497 e. The molecule has 0 radical (unpaired) electrons. The second-order valence-corrected chi connectivity index (χ2v) is 4.93. The van der Waals surface area contributed by atoms with Crippen molar-refractivity contribution in [2.45, 2.75) is 25.4 Å². The van der Waals surface area contributed by atoms with Crippen molar-refractivity contribution in [3.8, 4) is 17.6 Å². The van der Waals surface area contributed by atoms with Crippen molar-refractivity contribution < 1.29 is 14.9 Å². The normalized spacial score (nSPS) is 18.6. The van der Waals surface area contributed by atoms with Crippen molar-refractivity contribution in [1.82, 2.24) is 4.90 Å². The highest BCUT2D eigenvalue weighted by Crippen LogP contribution is 2.23. The Balaban J connectivity index is 2.23. The summed E-state index contributed by atoms with van der Waals surface area (Å²) in [6.45, 7) is 1.79. The van der Waals surface area contributed by atoms with Gasteiger partial charge in [0.2, 0.25) is 0 Å². The molecule has 1 aliphatic rings. The van der Waals surface area contributed by atoms with Crippen molar-refractivity contribution in [2.24, 2.45) is 0 Å². The molecule has 0 bridgehead atoms. The molecule has 1 heterocycles. The van der Waals surface area contributed by atoms with Crippen molar-refractivity contribution in [2.75, 3.05) is 26.9 Å². The van der Waals surface area contributed by atoms with Gasteiger partial charge in [-0.3, -0.25) is 4.90 Å². The molecule has 2 N–H and O–H groups in total. The van der Waals surface area contributed by atoms with E-state index in [0.29, 0.717) is 0 Å². The van der Waals surface area contributed by atoms with Gasteiger partial charge in [-0.25, -0.2) is 0 Å². The summed E-state index contributed by atoms with van der Waals surface area (Å²) >= 11 is 0. The van der Waals surface area contributed by atoms with E-state index in [1.54, 1.807) is 7.11 Å². The summed E-state index contributed by atoms with van der Waals surface area (Å²) in [4.78, 5) is 2.28. The molecular weight excluding hydrogens is 254 g/mol. The lowest BCUT2D eigenvalue weighted by molar-refractivity contribution is 0.153. The van der Waals surface area contributed by atoms with Gasteiger partial charge in [-0.2, -0.15) is 0 Å². The van der Waals surface area contributed by atoms with E-state index in [-0.39, 0.29) is 19.3 Å². The second-order valence-electron chi connectivity index (χ2n) is 4.93. The molecule has 0 amide bonds. The highest BCUT2D eigenvalue weighted by atomic mass is 16.5. The van der Waals surface area contributed by atoms with Gasteiger partial charge in [-0.1, -0.05) is 11.8 Å². The van der Waals surface area contributed by atoms with Crippen molar-refractivity contribution in [3.63, 3.8) is 0 Å². The minimum Gasteiger partial charge on any atom is -0.497 e. The zero-order chi connectivity index (χ0) is 14.4. The number of aliphatic hydroxyl groups is 2. The van der Waals surface area contributed by atoms with Gasteiger partial charge < -0.3 is 14.9 Å². The van der Waals surface area contributed by atoms with Crippen molar-refractivity contribution in [3.05, 3.63) is 29.3 Å². The highest BCUT2D eigenvalue weighted by molar-refractivity contribution is 5.45. The quantitative estimate of drug-likeness (QED) is 0.805. The molecule has 0 saturated carbocycles. The molecule has 2 rings (SSSR count). The molecule has 4 heteroatoms. The molecule has 1 aliphatic heterocycles. The van der Waals surface area contributed by atoms with E-state index in [1.165, 1.54) is 0 Å². The number of benzene rings is 1. The van der Waals surface area contributed by atoms with Crippen LogP contribution in [0.1, 0.15) is 24.0 Å². The summed E-state index contributed by atoms with van der Waals surface area (Å²) in [6.07, 6.45) is 2.16. The first kappa shape index (κ1) is 14.9. The predicted octanol–water partition coefficient (Wildman–Crippen LogP) is 0.996. The van der Waals surface area contributed by atoms with E-state index >= 15 is 0 Å². The molecule has 1 saturated heterocycles. The fourth-order valence-electron chi connectivity index (χ4n) is 2.61. The number of rotatable bonds is 4. The van der Waals surface area contributed by atoms with Crippen LogP contribution in [0.3, 0.4) is 0 Å². The molecule has 20 heavy (non-hydrogen) atoms. The standard InChI is InChI=1S/C16H21NO3/c1-20-16-7-6-13(4-3-9-18)14(10-16)11-17-8-2-5-15(17)12-19/h6-7,10,15,18-19H,2,5,8-9,11-12H2,1H3. The Morgan fingerprint density at radius 3 is 2.95 bits per heavy atom. The zero-order valence-corrected chi connectivity index (χ0v) is 11.8. The lowest BCUT2D eigenvalue weighted by atomic mass is 10.1. The molecule has 0 spiro atoms. The molecule has 108 valence electrons. The number of aliphatic hydroxyl groups excluding tert-OH is 2. The van der Waals surface area contributed by atoms with Gasteiger partial charge >= 0.3 is 0 Å². The third kappa shape index (κ3) is 3.51. The molecule has 1 atom stereocenters. The molecule has 4 nitrogen and oxygen atoms in total. The number of ether oxygens (including phenoxy) is 1. The Labute approximate surface area is 120 Å². The fraction of sp³-hybridized carbons (Fsp3) is 0.500. The lowest BCUT2D eigenvalue weighted by Crippen LogP contribution is -2.31. The van der Waals surface area contributed by atoms with Gasteiger partial charge in [0.1, 0.15) is 12.4 Å². The Morgan fingerprint density at radius 1 is 1.40 bits per heavy atom. The molecule has 0 aliphatic carbocycles. The van der Waals surface area contributed by atoms with E-state index in [2.05, 4.69) is 16.7 Å². The van der Waals surface area contributed by atoms with Crippen molar-refractivity contribution in [1.29, 1.82) is 0 Å². The first-order valence-corrected chi connectivity index (χ1v) is 6.90. The summed E-state index contributed by atoms with van der Waals surface area (Å²) < 4.78 is 5.27. The van der Waals surface area contributed by atoms with E-state index in [0.717, 1.165) is 42.8 Å².